The molecule has 0 aliphatic rings. The number of benzene rings is 2. The first-order chi connectivity index (χ1) is 13.6. The molecule has 3 aromatic rings. The summed E-state index contributed by atoms with van der Waals surface area (Å²) in [7, 11) is 0. The van der Waals surface area contributed by atoms with Gasteiger partial charge < -0.3 is 5.11 Å². The van der Waals surface area contributed by atoms with Gasteiger partial charge in [-0.25, -0.2) is 14.4 Å². The van der Waals surface area contributed by atoms with Gasteiger partial charge in [-0.05, 0) is 55.5 Å². The number of unbranched alkanes of at least 4 members (excludes halogenated alkanes) is 1. The minimum absolute atomic E-state index is 0.255. The summed E-state index contributed by atoms with van der Waals surface area (Å²) >= 11 is 0. The lowest BCUT2D eigenvalue weighted by atomic mass is 10.0. The standard InChI is InChI=1S/C24H25FN2O/c1-3-7-24-26-16-20-15-19(11-13-23(20)27-24)21-12-10-18(14-22(21)25)9-6-4-5-8-17(2)28/h3,6,9-17,28H,1,4-5,7-8H2,2H3/b9-6+. The number of rotatable bonds is 8. The molecule has 0 aliphatic heterocycles. The maximum absolute atomic E-state index is 14.7. The molecule has 144 valence electrons. The summed E-state index contributed by atoms with van der Waals surface area (Å²) in [5.41, 5.74) is 3.03. The number of nitrogens with zero attached hydrogens (tertiary/aromatic N) is 2. The molecule has 4 heteroatoms. The van der Waals surface area contributed by atoms with Crippen molar-refractivity contribution in [2.24, 2.45) is 0 Å². The van der Waals surface area contributed by atoms with E-state index in [4.69, 9.17) is 0 Å². The average molecular weight is 376 g/mol. The highest BCUT2D eigenvalue weighted by Gasteiger charge is 2.08. The molecular formula is C24H25FN2O. The van der Waals surface area contributed by atoms with Crippen molar-refractivity contribution in [3.63, 3.8) is 0 Å². The Labute approximate surface area is 165 Å². The molecule has 1 unspecified atom stereocenters. The normalized spacial score (nSPS) is 12.5. The van der Waals surface area contributed by atoms with Crippen molar-refractivity contribution in [3.8, 4) is 11.1 Å². The smallest absolute Gasteiger partial charge is 0.132 e. The Bertz CT molecular complexity index is 995. The van der Waals surface area contributed by atoms with E-state index in [1.807, 2.05) is 36.4 Å². The van der Waals surface area contributed by atoms with Crippen LogP contribution < -0.4 is 0 Å². The molecule has 0 bridgehead atoms. The number of aliphatic hydroxyl groups is 1. The third-order valence-corrected chi connectivity index (χ3v) is 4.56. The molecule has 0 amide bonds. The van der Waals surface area contributed by atoms with Crippen LogP contribution in [0.4, 0.5) is 4.39 Å². The van der Waals surface area contributed by atoms with E-state index in [1.165, 1.54) is 0 Å². The van der Waals surface area contributed by atoms with Crippen LogP contribution in [0.5, 0.6) is 0 Å². The maximum atomic E-state index is 14.7. The van der Waals surface area contributed by atoms with E-state index in [1.54, 1.807) is 31.3 Å². The van der Waals surface area contributed by atoms with E-state index in [2.05, 4.69) is 16.5 Å². The molecular weight excluding hydrogens is 351 g/mol. The van der Waals surface area contributed by atoms with E-state index in [0.717, 1.165) is 47.1 Å². The predicted octanol–water partition coefficient (Wildman–Crippen LogP) is 5.73. The number of halogens is 1. The lowest BCUT2D eigenvalue weighted by Gasteiger charge is -2.07. The second kappa shape index (κ2) is 9.38. The van der Waals surface area contributed by atoms with Crippen LogP contribution in [0.1, 0.15) is 37.6 Å². The molecule has 0 spiro atoms. The summed E-state index contributed by atoms with van der Waals surface area (Å²) in [6.07, 6.45) is 10.4. The molecule has 0 saturated heterocycles. The van der Waals surface area contributed by atoms with Crippen molar-refractivity contribution in [3.05, 3.63) is 78.5 Å². The zero-order chi connectivity index (χ0) is 19.9. The molecule has 0 aliphatic carbocycles. The van der Waals surface area contributed by atoms with Gasteiger partial charge in [-0.3, -0.25) is 0 Å². The Kier molecular flexibility index (Phi) is 6.66. The molecule has 1 atom stereocenters. The average Bonchev–Trinajstić information content (AvgIpc) is 2.67. The topological polar surface area (TPSA) is 46.0 Å². The number of hydrogen-bond acceptors (Lipinski definition) is 3. The fourth-order valence-electron chi connectivity index (χ4n) is 3.09. The van der Waals surface area contributed by atoms with E-state index >= 15 is 0 Å². The van der Waals surface area contributed by atoms with Gasteiger partial charge in [0.1, 0.15) is 11.6 Å². The molecule has 1 N–H and O–H groups in total. The summed E-state index contributed by atoms with van der Waals surface area (Å²) in [4.78, 5) is 8.82. The Morgan fingerprint density at radius 3 is 2.82 bits per heavy atom. The van der Waals surface area contributed by atoms with Crippen molar-refractivity contribution >= 4 is 17.0 Å². The number of hydrogen-bond donors (Lipinski definition) is 1. The highest BCUT2D eigenvalue weighted by molar-refractivity contribution is 5.84. The van der Waals surface area contributed by atoms with Crippen LogP contribution in [0.15, 0.2) is 61.3 Å². The van der Waals surface area contributed by atoms with E-state index in [0.29, 0.717) is 12.0 Å². The van der Waals surface area contributed by atoms with Gasteiger partial charge in [0.2, 0.25) is 0 Å². The molecule has 1 heterocycles. The zero-order valence-electron chi connectivity index (χ0n) is 16.1. The first-order valence-electron chi connectivity index (χ1n) is 9.58. The van der Waals surface area contributed by atoms with Crippen LogP contribution in [0.3, 0.4) is 0 Å². The van der Waals surface area contributed by atoms with Crippen LogP contribution >= 0.6 is 0 Å². The first-order valence-corrected chi connectivity index (χ1v) is 9.58. The number of fused-ring (bicyclic) bond motifs is 1. The Morgan fingerprint density at radius 2 is 2.07 bits per heavy atom. The van der Waals surface area contributed by atoms with Gasteiger partial charge in [0.25, 0.3) is 0 Å². The van der Waals surface area contributed by atoms with Crippen molar-refractivity contribution in [2.45, 2.75) is 38.7 Å². The van der Waals surface area contributed by atoms with Gasteiger partial charge in [-0.15, -0.1) is 6.58 Å². The molecule has 1 aromatic heterocycles. The summed E-state index contributed by atoms with van der Waals surface area (Å²) in [5.74, 6) is 0.473. The minimum atomic E-state index is -0.272. The fraction of sp³-hybridized carbons (Fsp3) is 0.250. The number of allylic oxidation sites excluding steroid dienone is 2. The molecule has 3 rings (SSSR count). The van der Waals surface area contributed by atoms with Crippen molar-refractivity contribution < 1.29 is 9.50 Å². The summed E-state index contributed by atoms with van der Waals surface area (Å²) in [6.45, 7) is 5.49. The molecule has 0 radical (unpaired) electrons. The highest BCUT2D eigenvalue weighted by Crippen LogP contribution is 2.27. The summed E-state index contributed by atoms with van der Waals surface area (Å²) < 4.78 is 14.7. The van der Waals surface area contributed by atoms with Crippen LogP contribution in [0, 0.1) is 5.82 Å². The van der Waals surface area contributed by atoms with Crippen LogP contribution in [-0.2, 0) is 6.42 Å². The minimum Gasteiger partial charge on any atom is -0.393 e. The second-order valence-electron chi connectivity index (χ2n) is 6.97. The van der Waals surface area contributed by atoms with Gasteiger partial charge in [-0.1, -0.05) is 36.4 Å². The summed E-state index contributed by atoms with van der Waals surface area (Å²) in [6, 6.07) is 11.0. The molecule has 3 nitrogen and oxygen atoms in total. The predicted molar refractivity (Wildman–Crippen MR) is 113 cm³/mol. The third kappa shape index (κ3) is 5.11. The Hall–Kier alpha value is -2.85. The van der Waals surface area contributed by atoms with E-state index < -0.39 is 0 Å². The molecule has 0 fully saturated rings. The van der Waals surface area contributed by atoms with Crippen LogP contribution in [0.2, 0.25) is 0 Å². The number of aromatic nitrogens is 2. The van der Waals surface area contributed by atoms with E-state index in [9.17, 15) is 9.50 Å². The van der Waals surface area contributed by atoms with E-state index in [-0.39, 0.29) is 11.9 Å². The van der Waals surface area contributed by atoms with Crippen molar-refractivity contribution in [1.82, 2.24) is 9.97 Å². The van der Waals surface area contributed by atoms with Gasteiger partial charge in [0, 0.05) is 23.6 Å². The van der Waals surface area contributed by atoms with Crippen molar-refractivity contribution in [1.29, 1.82) is 0 Å². The highest BCUT2D eigenvalue weighted by atomic mass is 19.1. The van der Waals surface area contributed by atoms with Gasteiger partial charge in [0.15, 0.2) is 0 Å². The second-order valence-corrected chi connectivity index (χ2v) is 6.97. The Morgan fingerprint density at radius 1 is 1.21 bits per heavy atom. The maximum Gasteiger partial charge on any atom is 0.132 e. The molecule has 0 saturated carbocycles. The fourth-order valence-corrected chi connectivity index (χ4v) is 3.09. The monoisotopic (exact) mass is 376 g/mol. The first kappa shape index (κ1) is 19.9. The van der Waals surface area contributed by atoms with Gasteiger partial charge >= 0.3 is 0 Å². The SMILES string of the molecule is C=CCc1ncc2cc(-c3ccc(/C=C/CCCC(C)O)cc3F)ccc2n1. The lowest BCUT2D eigenvalue weighted by Crippen LogP contribution is -1.97. The van der Waals surface area contributed by atoms with Crippen LogP contribution in [0.25, 0.3) is 28.1 Å². The molecule has 28 heavy (non-hydrogen) atoms. The third-order valence-electron chi connectivity index (χ3n) is 4.56. The van der Waals surface area contributed by atoms with Gasteiger partial charge in [0.05, 0.1) is 11.6 Å². The lowest BCUT2D eigenvalue weighted by molar-refractivity contribution is 0.182. The quantitative estimate of drug-likeness (QED) is 0.403. The molecule has 2 aromatic carbocycles. The zero-order valence-corrected chi connectivity index (χ0v) is 16.1. The van der Waals surface area contributed by atoms with Crippen LogP contribution in [-0.4, -0.2) is 21.2 Å². The Balaban J connectivity index is 1.77. The number of aliphatic hydroxyl groups excluding tert-OH is 1. The van der Waals surface area contributed by atoms with Crippen molar-refractivity contribution in [2.75, 3.05) is 0 Å². The largest absolute Gasteiger partial charge is 0.393 e. The summed E-state index contributed by atoms with van der Waals surface area (Å²) in [5, 5.41) is 10.1. The van der Waals surface area contributed by atoms with Gasteiger partial charge in [-0.2, -0.15) is 0 Å².